The second-order valence-corrected chi connectivity index (χ2v) is 6.86. The molecule has 1 fully saturated rings. The fourth-order valence-electron chi connectivity index (χ4n) is 4.12. The van der Waals surface area contributed by atoms with Crippen LogP contribution in [-0.4, -0.2) is 29.2 Å². The minimum absolute atomic E-state index is 0.189. The van der Waals surface area contributed by atoms with Crippen LogP contribution in [0.4, 0.5) is 0 Å². The van der Waals surface area contributed by atoms with E-state index in [1.54, 1.807) is 6.07 Å². The summed E-state index contributed by atoms with van der Waals surface area (Å²) in [6.07, 6.45) is 6.75. The normalized spacial score (nSPS) is 21.7. The predicted molar refractivity (Wildman–Crippen MR) is 89.6 cm³/mol. The molecule has 4 rings (SSSR count). The van der Waals surface area contributed by atoms with E-state index in [2.05, 4.69) is 17.0 Å². The molecule has 4 heteroatoms. The van der Waals surface area contributed by atoms with E-state index in [9.17, 15) is 9.90 Å². The van der Waals surface area contributed by atoms with Crippen LogP contribution in [0.1, 0.15) is 42.4 Å². The van der Waals surface area contributed by atoms with Crippen molar-refractivity contribution in [3.8, 4) is 0 Å². The van der Waals surface area contributed by atoms with Crippen molar-refractivity contribution >= 4 is 11.0 Å². The fourth-order valence-corrected chi connectivity index (χ4v) is 4.12. The fraction of sp³-hybridized carbons (Fsp3) is 0.526. The Balaban J connectivity index is 1.75. The van der Waals surface area contributed by atoms with E-state index >= 15 is 0 Å². The molecule has 0 saturated carbocycles. The van der Waals surface area contributed by atoms with Gasteiger partial charge >= 0.3 is 5.63 Å². The van der Waals surface area contributed by atoms with Crippen LogP contribution in [0.25, 0.3) is 11.0 Å². The van der Waals surface area contributed by atoms with E-state index in [0.29, 0.717) is 12.1 Å². The molecule has 2 heterocycles. The molecule has 1 unspecified atom stereocenters. The Morgan fingerprint density at radius 3 is 2.78 bits per heavy atom. The molecule has 0 spiro atoms. The van der Waals surface area contributed by atoms with Crippen molar-refractivity contribution in [2.24, 2.45) is 0 Å². The zero-order chi connectivity index (χ0) is 15.8. The van der Waals surface area contributed by atoms with Gasteiger partial charge in [0.15, 0.2) is 0 Å². The largest absolute Gasteiger partial charge is 0.423 e. The first kappa shape index (κ1) is 14.9. The average molecular weight is 313 g/mol. The standard InChI is InChI=1S/C19H23NO3/c21-12-16-6-1-2-7-20(16)11-15-10-19(22)23-18-9-14-5-3-4-13(14)8-17(15)18/h8-10,16,21H,1-7,11-12H2. The first-order valence-electron chi connectivity index (χ1n) is 8.68. The number of hydrogen-bond donors (Lipinski definition) is 1. The second kappa shape index (κ2) is 6.10. The summed E-state index contributed by atoms with van der Waals surface area (Å²) in [5.74, 6) is 0. The van der Waals surface area contributed by atoms with Crippen molar-refractivity contribution in [3.63, 3.8) is 0 Å². The summed E-state index contributed by atoms with van der Waals surface area (Å²) in [6, 6.07) is 6.11. The monoisotopic (exact) mass is 313 g/mol. The van der Waals surface area contributed by atoms with Gasteiger partial charge < -0.3 is 9.52 Å². The highest BCUT2D eigenvalue weighted by atomic mass is 16.4. The van der Waals surface area contributed by atoms with Gasteiger partial charge in [0.05, 0.1) is 6.61 Å². The van der Waals surface area contributed by atoms with Crippen LogP contribution >= 0.6 is 0 Å². The van der Waals surface area contributed by atoms with Gasteiger partial charge in [0.25, 0.3) is 0 Å². The van der Waals surface area contributed by atoms with Crippen LogP contribution in [-0.2, 0) is 19.4 Å². The van der Waals surface area contributed by atoms with Gasteiger partial charge in [-0.1, -0.05) is 6.42 Å². The molecule has 122 valence electrons. The highest BCUT2D eigenvalue weighted by Gasteiger charge is 2.23. The number of aliphatic hydroxyl groups excluding tert-OH is 1. The molecule has 0 amide bonds. The molecule has 1 aromatic heterocycles. The zero-order valence-electron chi connectivity index (χ0n) is 13.4. The molecule has 1 saturated heterocycles. The highest BCUT2D eigenvalue weighted by Crippen LogP contribution is 2.29. The quantitative estimate of drug-likeness (QED) is 0.885. The summed E-state index contributed by atoms with van der Waals surface area (Å²) >= 11 is 0. The Morgan fingerprint density at radius 1 is 1.13 bits per heavy atom. The summed E-state index contributed by atoms with van der Waals surface area (Å²) < 4.78 is 5.45. The van der Waals surface area contributed by atoms with Gasteiger partial charge in [-0.2, -0.15) is 0 Å². The number of aryl methyl sites for hydroxylation is 2. The third-order valence-corrected chi connectivity index (χ3v) is 5.38. The van der Waals surface area contributed by atoms with Gasteiger partial charge in [0.2, 0.25) is 0 Å². The number of hydrogen-bond acceptors (Lipinski definition) is 4. The first-order valence-corrected chi connectivity index (χ1v) is 8.68. The summed E-state index contributed by atoms with van der Waals surface area (Å²) in [7, 11) is 0. The Bertz CT molecular complexity index is 780. The van der Waals surface area contributed by atoms with Gasteiger partial charge in [-0.15, -0.1) is 0 Å². The van der Waals surface area contributed by atoms with Crippen LogP contribution in [0, 0.1) is 0 Å². The maximum atomic E-state index is 12.0. The molecule has 0 radical (unpaired) electrons. The lowest BCUT2D eigenvalue weighted by Gasteiger charge is -2.34. The molecule has 23 heavy (non-hydrogen) atoms. The van der Waals surface area contributed by atoms with E-state index in [4.69, 9.17) is 4.42 Å². The average Bonchev–Trinajstić information content (AvgIpc) is 3.00. The van der Waals surface area contributed by atoms with Gasteiger partial charge in [-0.25, -0.2) is 4.79 Å². The number of piperidine rings is 1. The molecule has 4 nitrogen and oxygen atoms in total. The van der Waals surface area contributed by atoms with Crippen LogP contribution in [0.2, 0.25) is 0 Å². The van der Waals surface area contributed by atoms with E-state index in [0.717, 1.165) is 43.2 Å². The minimum atomic E-state index is -0.275. The maximum Gasteiger partial charge on any atom is 0.336 e. The van der Waals surface area contributed by atoms with Crippen molar-refractivity contribution < 1.29 is 9.52 Å². The Kier molecular flexibility index (Phi) is 3.95. The lowest BCUT2D eigenvalue weighted by atomic mass is 9.99. The van der Waals surface area contributed by atoms with Gasteiger partial charge in [0, 0.05) is 24.0 Å². The van der Waals surface area contributed by atoms with Crippen molar-refractivity contribution in [3.05, 3.63) is 45.3 Å². The number of nitrogens with zero attached hydrogens (tertiary/aromatic N) is 1. The topological polar surface area (TPSA) is 53.7 Å². The third kappa shape index (κ3) is 2.81. The molecule has 1 atom stereocenters. The lowest BCUT2D eigenvalue weighted by molar-refractivity contribution is 0.0843. The summed E-state index contributed by atoms with van der Waals surface area (Å²) in [5, 5.41) is 10.7. The second-order valence-electron chi connectivity index (χ2n) is 6.86. The van der Waals surface area contributed by atoms with Crippen LogP contribution in [0.5, 0.6) is 0 Å². The minimum Gasteiger partial charge on any atom is -0.423 e. The van der Waals surface area contributed by atoms with Gasteiger partial charge in [-0.3, -0.25) is 4.90 Å². The molecule has 0 bridgehead atoms. The number of fused-ring (bicyclic) bond motifs is 2. The van der Waals surface area contributed by atoms with Crippen molar-refractivity contribution in [2.45, 2.75) is 51.1 Å². The van der Waals surface area contributed by atoms with E-state index in [1.807, 2.05) is 0 Å². The highest BCUT2D eigenvalue weighted by molar-refractivity contribution is 5.82. The van der Waals surface area contributed by atoms with Crippen LogP contribution in [0.15, 0.2) is 27.4 Å². The molecule has 2 aromatic rings. The van der Waals surface area contributed by atoms with E-state index < -0.39 is 0 Å². The third-order valence-electron chi connectivity index (χ3n) is 5.38. The summed E-state index contributed by atoms with van der Waals surface area (Å²) in [4.78, 5) is 14.3. The smallest absolute Gasteiger partial charge is 0.336 e. The number of likely N-dealkylation sites (tertiary alicyclic amines) is 1. The van der Waals surface area contributed by atoms with Crippen molar-refractivity contribution in [1.29, 1.82) is 0 Å². The molecule has 1 aliphatic heterocycles. The van der Waals surface area contributed by atoms with Crippen molar-refractivity contribution in [2.75, 3.05) is 13.2 Å². The SMILES string of the molecule is O=c1cc(CN2CCCCC2CO)c2cc3c(cc2o1)CCC3. The zero-order valence-corrected chi connectivity index (χ0v) is 13.4. The summed E-state index contributed by atoms with van der Waals surface area (Å²) in [5.41, 5.74) is 4.19. The number of benzene rings is 1. The molecule has 2 aliphatic rings. The van der Waals surface area contributed by atoms with Crippen LogP contribution in [0.3, 0.4) is 0 Å². The Labute approximate surface area is 135 Å². The number of aliphatic hydroxyl groups is 1. The van der Waals surface area contributed by atoms with E-state index in [-0.39, 0.29) is 18.3 Å². The Morgan fingerprint density at radius 2 is 1.96 bits per heavy atom. The first-order chi connectivity index (χ1) is 11.2. The van der Waals surface area contributed by atoms with Gasteiger partial charge in [-0.05, 0) is 67.5 Å². The molecular weight excluding hydrogens is 290 g/mol. The molecule has 1 aliphatic carbocycles. The summed E-state index contributed by atoms with van der Waals surface area (Å²) in [6.45, 7) is 1.89. The van der Waals surface area contributed by atoms with E-state index in [1.165, 1.54) is 24.0 Å². The van der Waals surface area contributed by atoms with Gasteiger partial charge in [0.1, 0.15) is 5.58 Å². The molecular formula is C19H23NO3. The lowest BCUT2D eigenvalue weighted by Crippen LogP contribution is -2.41. The Hall–Kier alpha value is -1.65. The maximum absolute atomic E-state index is 12.0. The predicted octanol–water partition coefficient (Wildman–Crippen LogP) is 2.63. The molecule has 1 N–H and O–H groups in total. The van der Waals surface area contributed by atoms with Crippen LogP contribution < -0.4 is 5.63 Å². The number of rotatable bonds is 3. The van der Waals surface area contributed by atoms with Crippen molar-refractivity contribution in [1.82, 2.24) is 4.90 Å². The molecule has 1 aromatic carbocycles.